The van der Waals surface area contributed by atoms with E-state index in [0.717, 1.165) is 27.8 Å². The number of nitrogens with zero attached hydrogens (tertiary/aromatic N) is 3. The molecular formula is C18H19N5O. The van der Waals surface area contributed by atoms with E-state index in [9.17, 15) is 5.11 Å². The van der Waals surface area contributed by atoms with E-state index in [2.05, 4.69) is 20.3 Å². The summed E-state index contributed by atoms with van der Waals surface area (Å²) < 4.78 is 0. The summed E-state index contributed by atoms with van der Waals surface area (Å²) in [5, 5.41) is 14.4. The predicted molar refractivity (Wildman–Crippen MR) is 93.7 cm³/mol. The fraction of sp³-hybridized carbons (Fsp3) is 0.278. The van der Waals surface area contributed by atoms with Crippen LogP contribution in [0, 0.1) is 13.8 Å². The lowest BCUT2D eigenvalue weighted by Crippen LogP contribution is -2.22. The van der Waals surface area contributed by atoms with Crippen LogP contribution in [0.5, 0.6) is 0 Å². The topological polar surface area (TPSA) is 97.0 Å². The van der Waals surface area contributed by atoms with Crippen molar-refractivity contribution in [1.82, 2.24) is 15.0 Å². The zero-order chi connectivity index (χ0) is 16.8. The molecule has 0 aliphatic heterocycles. The number of pyridine rings is 1. The summed E-state index contributed by atoms with van der Waals surface area (Å²) in [5.41, 5.74) is 10.8. The maximum Gasteiger partial charge on any atom is 0.227 e. The van der Waals surface area contributed by atoms with Crippen LogP contribution in [-0.4, -0.2) is 26.2 Å². The molecule has 2 aromatic heterocycles. The molecule has 1 aromatic carbocycles. The van der Waals surface area contributed by atoms with E-state index in [0.29, 0.717) is 23.8 Å². The van der Waals surface area contributed by atoms with Crippen molar-refractivity contribution in [2.45, 2.75) is 32.4 Å². The highest BCUT2D eigenvalue weighted by Gasteiger charge is 2.31. The summed E-state index contributed by atoms with van der Waals surface area (Å²) in [6.07, 6.45) is 0.100. The Morgan fingerprint density at radius 1 is 1.17 bits per heavy atom. The third-order valence-corrected chi connectivity index (χ3v) is 4.51. The molecule has 0 unspecified atom stereocenters. The minimum absolute atomic E-state index is 0.246. The average molecular weight is 321 g/mol. The average Bonchev–Trinajstić information content (AvgIpc) is 2.82. The van der Waals surface area contributed by atoms with Gasteiger partial charge in [0.1, 0.15) is 5.82 Å². The molecule has 0 bridgehead atoms. The Morgan fingerprint density at radius 3 is 2.79 bits per heavy atom. The van der Waals surface area contributed by atoms with Gasteiger partial charge in [0.2, 0.25) is 5.95 Å². The van der Waals surface area contributed by atoms with Crippen molar-refractivity contribution in [3.8, 4) is 0 Å². The number of fused-ring (bicyclic) bond motifs is 2. The Labute approximate surface area is 139 Å². The van der Waals surface area contributed by atoms with Crippen LogP contribution >= 0.6 is 0 Å². The van der Waals surface area contributed by atoms with Gasteiger partial charge in [0, 0.05) is 12.1 Å². The molecule has 4 rings (SSSR count). The third-order valence-electron chi connectivity index (χ3n) is 4.51. The number of aliphatic hydroxyl groups is 1. The molecule has 0 spiro atoms. The molecule has 6 nitrogen and oxygen atoms in total. The zero-order valence-corrected chi connectivity index (χ0v) is 13.6. The molecular weight excluding hydrogens is 302 g/mol. The highest BCUT2D eigenvalue weighted by molar-refractivity contribution is 5.89. The van der Waals surface area contributed by atoms with Crippen molar-refractivity contribution in [2.75, 3.05) is 11.1 Å². The summed E-state index contributed by atoms with van der Waals surface area (Å²) >= 11 is 0. The number of aliphatic hydroxyl groups excluding tert-OH is 1. The number of benzene rings is 1. The van der Waals surface area contributed by atoms with Gasteiger partial charge in [-0.2, -0.15) is 9.97 Å². The van der Waals surface area contributed by atoms with Crippen LogP contribution in [-0.2, 0) is 6.42 Å². The van der Waals surface area contributed by atoms with Gasteiger partial charge in [-0.25, -0.2) is 4.98 Å². The molecule has 2 heterocycles. The van der Waals surface area contributed by atoms with Gasteiger partial charge in [0.05, 0.1) is 17.5 Å². The quantitative estimate of drug-likeness (QED) is 0.670. The van der Waals surface area contributed by atoms with Gasteiger partial charge in [0.15, 0.2) is 5.65 Å². The van der Waals surface area contributed by atoms with Gasteiger partial charge in [-0.15, -0.1) is 0 Å². The molecule has 3 aromatic rings. The number of rotatable bonds is 2. The highest BCUT2D eigenvalue weighted by Crippen LogP contribution is 2.34. The molecule has 0 fully saturated rings. The number of aryl methyl sites for hydroxylation is 2. The maximum absolute atomic E-state index is 10.4. The minimum Gasteiger partial charge on any atom is -0.390 e. The molecule has 0 saturated carbocycles. The van der Waals surface area contributed by atoms with Crippen LogP contribution in [0.25, 0.3) is 11.0 Å². The highest BCUT2D eigenvalue weighted by atomic mass is 16.3. The van der Waals surface area contributed by atoms with E-state index >= 15 is 0 Å². The van der Waals surface area contributed by atoms with Crippen molar-refractivity contribution in [3.05, 3.63) is 52.7 Å². The number of nitrogens with two attached hydrogens (primary N) is 1. The second-order valence-corrected chi connectivity index (χ2v) is 6.30. The van der Waals surface area contributed by atoms with Crippen molar-refractivity contribution < 1.29 is 5.11 Å². The SMILES string of the molecule is Cc1cc(C)c2c(N)nc(N[C@@H]3c4ccccc4C[C@@H]3O)nc2n1. The third kappa shape index (κ3) is 2.35. The van der Waals surface area contributed by atoms with E-state index in [4.69, 9.17) is 5.73 Å². The largest absolute Gasteiger partial charge is 0.390 e. The lowest BCUT2D eigenvalue weighted by atomic mass is 10.1. The fourth-order valence-corrected chi connectivity index (χ4v) is 3.46. The molecule has 24 heavy (non-hydrogen) atoms. The first-order valence-electron chi connectivity index (χ1n) is 7.97. The Hall–Kier alpha value is -2.73. The van der Waals surface area contributed by atoms with Crippen molar-refractivity contribution in [2.24, 2.45) is 0 Å². The number of nitrogens with one attached hydrogen (secondary N) is 1. The monoisotopic (exact) mass is 321 g/mol. The van der Waals surface area contributed by atoms with Crippen LogP contribution in [0.4, 0.5) is 11.8 Å². The lowest BCUT2D eigenvalue weighted by molar-refractivity contribution is 0.165. The Balaban J connectivity index is 1.76. The first-order valence-corrected chi connectivity index (χ1v) is 7.97. The van der Waals surface area contributed by atoms with Crippen LogP contribution in [0.1, 0.15) is 28.4 Å². The van der Waals surface area contributed by atoms with E-state index < -0.39 is 6.10 Å². The second kappa shape index (κ2) is 5.42. The van der Waals surface area contributed by atoms with Crippen molar-refractivity contribution >= 4 is 22.8 Å². The number of hydrogen-bond acceptors (Lipinski definition) is 6. The summed E-state index contributed by atoms with van der Waals surface area (Å²) in [7, 11) is 0. The Kier molecular flexibility index (Phi) is 3.35. The number of nitrogen functional groups attached to an aromatic ring is 1. The van der Waals surface area contributed by atoms with E-state index in [1.807, 2.05) is 44.2 Å². The van der Waals surface area contributed by atoms with Crippen molar-refractivity contribution in [1.29, 1.82) is 0 Å². The van der Waals surface area contributed by atoms with Crippen molar-refractivity contribution in [3.63, 3.8) is 0 Å². The Bertz CT molecular complexity index is 940. The standard InChI is InChI=1S/C18H19N5O/c1-9-7-10(2)20-17-14(9)16(19)22-18(23-17)21-15-12-6-4-3-5-11(12)8-13(15)24/h3-7,13,15,24H,8H2,1-2H3,(H3,19,20,21,22,23)/t13-,15+/m0/s1. The number of aromatic nitrogens is 3. The van der Waals surface area contributed by atoms with Crippen LogP contribution in [0.15, 0.2) is 30.3 Å². The van der Waals surface area contributed by atoms with Gasteiger partial charge in [-0.1, -0.05) is 24.3 Å². The van der Waals surface area contributed by atoms with Crippen LogP contribution < -0.4 is 11.1 Å². The van der Waals surface area contributed by atoms with Gasteiger partial charge in [0.25, 0.3) is 0 Å². The summed E-state index contributed by atoms with van der Waals surface area (Å²) in [4.78, 5) is 13.3. The van der Waals surface area contributed by atoms with Crippen LogP contribution in [0.2, 0.25) is 0 Å². The minimum atomic E-state index is -0.518. The van der Waals surface area contributed by atoms with Crippen LogP contribution in [0.3, 0.4) is 0 Å². The van der Waals surface area contributed by atoms with E-state index in [1.165, 1.54) is 0 Å². The predicted octanol–water partition coefficient (Wildman–Crippen LogP) is 2.29. The molecule has 0 radical (unpaired) electrons. The van der Waals surface area contributed by atoms with Gasteiger partial charge < -0.3 is 16.2 Å². The molecule has 1 aliphatic carbocycles. The van der Waals surface area contributed by atoms with Gasteiger partial charge >= 0.3 is 0 Å². The summed E-state index contributed by atoms with van der Waals surface area (Å²) in [6, 6.07) is 9.71. The molecule has 122 valence electrons. The van der Waals surface area contributed by atoms with E-state index in [1.54, 1.807) is 0 Å². The van der Waals surface area contributed by atoms with E-state index in [-0.39, 0.29) is 6.04 Å². The maximum atomic E-state index is 10.4. The fourth-order valence-electron chi connectivity index (χ4n) is 3.46. The number of anilines is 2. The Morgan fingerprint density at radius 2 is 1.96 bits per heavy atom. The first-order chi connectivity index (χ1) is 11.5. The lowest BCUT2D eigenvalue weighted by Gasteiger charge is -2.18. The molecule has 2 atom stereocenters. The first kappa shape index (κ1) is 14.8. The normalized spacial score (nSPS) is 19.5. The molecule has 4 N–H and O–H groups in total. The number of hydrogen-bond donors (Lipinski definition) is 3. The smallest absolute Gasteiger partial charge is 0.227 e. The van der Waals surface area contributed by atoms with Gasteiger partial charge in [-0.05, 0) is 36.6 Å². The molecule has 6 heteroatoms. The summed E-state index contributed by atoms with van der Waals surface area (Å²) in [6.45, 7) is 3.90. The van der Waals surface area contributed by atoms with Gasteiger partial charge in [-0.3, -0.25) is 0 Å². The molecule has 0 amide bonds. The summed E-state index contributed by atoms with van der Waals surface area (Å²) in [5.74, 6) is 0.784. The second-order valence-electron chi connectivity index (χ2n) is 6.30. The zero-order valence-electron chi connectivity index (χ0n) is 13.6. The molecule has 0 saturated heterocycles. The molecule has 1 aliphatic rings.